The molecule has 0 spiro atoms. The molecule has 0 aliphatic rings. The summed E-state index contributed by atoms with van der Waals surface area (Å²) in [5.41, 5.74) is -0.994. The maximum Gasteiger partial charge on any atom is 0.314 e. The maximum absolute atomic E-state index is 10.4. The van der Waals surface area contributed by atoms with Crippen molar-refractivity contribution in [1.29, 1.82) is 0 Å². The lowest BCUT2D eigenvalue weighted by atomic mass is 10.3. The first-order valence-corrected chi connectivity index (χ1v) is 7.79. The van der Waals surface area contributed by atoms with E-state index in [1.165, 1.54) is 20.3 Å². The van der Waals surface area contributed by atoms with E-state index in [2.05, 4.69) is 0 Å². The summed E-state index contributed by atoms with van der Waals surface area (Å²) in [5, 5.41) is 38.8. The second kappa shape index (κ2) is 9.31. The Hall–Kier alpha value is -2.69. The van der Waals surface area contributed by atoms with Crippen molar-refractivity contribution in [3.8, 4) is 23.0 Å². The van der Waals surface area contributed by atoms with Crippen LogP contribution in [0.15, 0.2) is 18.2 Å². The number of phenolic OH excluding ortho intramolecular Hbond substituents is 2. The van der Waals surface area contributed by atoms with Crippen molar-refractivity contribution < 1.29 is 29.5 Å². The summed E-state index contributed by atoms with van der Waals surface area (Å²) < 4.78 is 9.49. The standard InChI is InChI=1S/C7H5Cl2NO4.C7H6ClNO4/c1-14-7-3(8)2-4(10(12)13)6(11)5(7)9;1-13-5-3-2-4(9(11)12)7(10)6(5)8/h2,11H,1H3;2-3,10H,1H3. The highest BCUT2D eigenvalue weighted by Gasteiger charge is 2.23. The van der Waals surface area contributed by atoms with Crippen molar-refractivity contribution in [2.24, 2.45) is 0 Å². The van der Waals surface area contributed by atoms with E-state index in [1.807, 2.05) is 0 Å². The van der Waals surface area contributed by atoms with Gasteiger partial charge in [0.25, 0.3) is 0 Å². The molecule has 0 amide bonds. The molecule has 2 N–H and O–H groups in total. The van der Waals surface area contributed by atoms with E-state index in [0.29, 0.717) is 0 Å². The zero-order valence-corrected chi connectivity index (χ0v) is 15.9. The predicted octanol–water partition coefficient (Wildman–Crippen LogP) is 4.58. The molecule has 27 heavy (non-hydrogen) atoms. The summed E-state index contributed by atoms with van der Waals surface area (Å²) >= 11 is 16.8. The third kappa shape index (κ3) is 4.94. The molecule has 0 saturated carbocycles. The van der Waals surface area contributed by atoms with Gasteiger partial charge in [-0.1, -0.05) is 34.8 Å². The Morgan fingerprint density at radius 3 is 1.85 bits per heavy atom. The maximum atomic E-state index is 10.4. The van der Waals surface area contributed by atoms with Crippen molar-refractivity contribution in [2.75, 3.05) is 14.2 Å². The minimum Gasteiger partial charge on any atom is -0.501 e. The van der Waals surface area contributed by atoms with Crippen molar-refractivity contribution in [2.45, 2.75) is 0 Å². The topological polar surface area (TPSA) is 145 Å². The molecular formula is C14H11Cl3N2O8. The Morgan fingerprint density at radius 2 is 1.41 bits per heavy atom. The molecule has 0 heterocycles. The normalized spacial score (nSPS) is 9.81. The van der Waals surface area contributed by atoms with Crippen molar-refractivity contribution >= 4 is 46.2 Å². The Kier molecular flexibility index (Phi) is 7.70. The van der Waals surface area contributed by atoms with Gasteiger partial charge in [0.2, 0.25) is 11.5 Å². The number of benzene rings is 2. The second-order valence-corrected chi connectivity index (χ2v) is 5.70. The SMILES string of the molecule is COc1c(Cl)cc([N+](=O)[O-])c(O)c1Cl.COc1ccc([N+](=O)[O-])c(O)c1Cl. The molecule has 146 valence electrons. The van der Waals surface area contributed by atoms with Crippen LogP contribution in [0.2, 0.25) is 15.1 Å². The highest BCUT2D eigenvalue weighted by molar-refractivity contribution is 6.38. The molecule has 0 radical (unpaired) electrons. The third-order valence-corrected chi connectivity index (χ3v) is 4.00. The molecule has 0 aliphatic heterocycles. The van der Waals surface area contributed by atoms with Crippen LogP contribution in [0.1, 0.15) is 0 Å². The number of nitro benzene ring substituents is 2. The summed E-state index contributed by atoms with van der Waals surface area (Å²) in [6.07, 6.45) is 0. The van der Waals surface area contributed by atoms with E-state index in [0.717, 1.165) is 12.1 Å². The summed E-state index contributed by atoms with van der Waals surface area (Å²) in [4.78, 5) is 19.2. The van der Waals surface area contributed by atoms with E-state index in [1.54, 1.807) is 0 Å². The van der Waals surface area contributed by atoms with E-state index in [-0.39, 0.29) is 26.6 Å². The average molecular weight is 442 g/mol. The number of ether oxygens (including phenoxy) is 2. The van der Waals surface area contributed by atoms with Gasteiger partial charge in [-0.05, 0) is 6.07 Å². The summed E-state index contributed by atoms with van der Waals surface area (Å²) in [6, 6.07) is 3.42. The van der Waals surface area contributed by atoms with Crippen LogP contribution in [0, 0.1) is 20.2 Å². The average Bonchev–Trinajstić information content (AvgIpc) is 2.61. The van der Waals surface area contributed by atoms with Crippen LogP contribution in [0.3, 0.4) is 0 Å². The van der Waals surface area contributed by atoms with Gasteiger partial charge >= 0.3 is 11.4 Å². The first-order chi connectivity index (χ1) is 12.6. The lowest BCUT2D eigenvalue weighted by Crippen LogP contribution is -1.92. The highest BCUT2D eigenvalue weighted by Crippen LogP contribution is 2.45. The number of rotatable bonds is 4. The fourth-order valence-electron chi connectivity index (χ4n) is 1.75. The van der Waals surface area contributed by atoms with Gasteiger partial charge in [-0.25, -0.2) is 0 Å². The zero-order valence-electron chi connectivity index (χ0n) is 13.6. The number of nitrogens with zero attached hydrogens (tertiary/aromatic N) is 2. The Bertz CT molecular complexity index is 891. The van der Waals surface area contributed by atoms with Crippen LogP contribution in [0.4, 0.5) is 11.4 Å². The third-order valence-electron chi connectivity index (χ3n) is 3.01. The zero-order chi connectivity index (χ0) is 20.9. The van der Waals surface area contributed by atoms with Crippen LogP contribution < -0.4 is 9.47 Å². The Labute approximate surface area is 166 Å². The van der Waals surface area contributed by atoms with Crippen molar-refractivity contribution in [3.63, 3.8) is 0 Å². The van der Waals surface area contributed by atoms with Gasteiger partial charge in [-0.2, -0.15) is 0 Å². The largest absolute Gasteiger partial charge is 0.501 e. The van der Waals surface area contributed by atoms with E-state index in [4.69, 9.17) is 44.3 Å². The van der Waals surface area contributed by atoms with E-state index >= 15 is 0 Å². The van der Waals surface area contributed by atoms with Crippen LogP contribution in [-0.2, 0) is 0 Å². The quantitative estimate of drug-likeness (QED) is 0.518. The van der Waals surface area contributed by atoms with E-state index in [9.17, 15) is 30.4 Å². The number of phenols is 2. The molecule has 13 heteroatoms. The number of aromatic hydroxyl groups is 2. The molecule has 0 bridgehead atoms. The van der Waals surface area contributed by atoms with Crippen molar-refractivity contribution in [1.82, 2.24) is 0 Å². The van der Waals surface area contributed by atoms with Gasteiger partial charge in [0.1, 0.15) is 15.8 Å². The molecule has 0 unspecified atom stereocenters. The fraction of sp³-hybridized carbons (Fsp3) is 0.143. The predicted molar refractivity (Wildman–Crippen MR) is 97.7 cm³/mol. The number of hydrogen-bond acceptors (Lipinski definition) is 8. The van der Waals surface area contributed by atoms with Crippen LogP contribution in [0.25, 0.3) is 0 Å². The molecular weight excluding hydrogens is 431 g/mol. The van der Waals surface area contributed by atoms with Gasteiger partial charge in [-0.15, -0.1) is 0 Å². The highest BCUT2D eigenvalue weighted by atomic mass is 35.5. The fourth-order valence-corrected chi connectivity index (χ4v) is 2.58. The molecule has 2 rings (SSSR count). The van der Waals surface area contributed by atoms with Gasteiger partial charge in [0.15, 0.2) is 5.75 Å². The van der Waals surface area contributed by atoms with Gasteiger partial charge in [0, 0.05) is 12.1 Å². The molecule has 2 aromatic carbocycles. The molecule has 0 aromatic heterocycles. The lowest BCUT2D eigenvalue weighted by Gasteiger charge is -2.06. The molecule has 0 saturated heterocycles. The monoisotopic (exact) mass is 440 g/mol. The van der Waals surface area contributed by atoms with Crippen LogP contribution >= 0.6 is 34.8 Å². The van der Waals surface area contributed by atoms with Gasteiger partial charge < -0.3 is 19.7 Å². The smallest absolute Gasteiger partial charge is 0.314 e. The second-order valence-electron chi connectivity index (χ2n) is 4.54. The summed E-state index contributed by atoms with van der Waals surface area (Å²) in [7, 11) is 2.64. The number of methoxy groups -OCH3 is 2. The first-order valence-electron chi connectivity index (χ1n) is 6.65. The van der Waals surface area contributed by atoms with Crippen molar-refractivity contribution in [3.05, 3.63) is 53.5 Å². The van der Waals surface area contributed by atoms with Crippen LogP contribution in [-0.4, -0.2) is 34.3 Å². The minimum absolute atomic E-state index is 0.0106. The minimum atomic E-state index is -0.785. The molecule has 0 atom stereocenters. The summed E-state index contributed by atoms with van der Waals surface area (Å²) in [6.45, 7) is 0. The van der Waals surface area contributed by atoms with Gasteiger partial charge in [0.05, 0.1) is 29.1 Å². The molecule has 10 nitrogen and oxygen atoms in total. The summed E-state index contributed by atoms with van der Waals surface area (Å²) in [5.74, 6) is -1.02. The lowest BCUT2D eigenvalue weighted by molar-refractivity contribution is -0.386. The Morgan fingerprint density at radius 1 is 0.889 bits per heavy atom. The number of hydrogen-bond donors (Lipinski definition) is 2. The Balaban J connectivity index is 0.000000271. The first kappa shape index (κ1) is 22.4. The number of halogens is 3. The van der Waals surface area contributed by atoms with Gasteiger partial charge in [-0.3, -0.25) is 20.2 Å². The van der Waals surface area contributed by atoms with E-state index < -0.39 is 32.7 Å². The molecule has 2 aromatic rings. The molecule has 0 fully saturated rings. The number of nitro groups is 2. The van der Waals surface area contributed by atoms with Crippen LogP contribution in [0.5, 0.6) is 23.0 Å². The molecule has 0 aliphatic carbocycles.